The minimum Gasteiger partial charge on any atom is -0.497 e. The van der Waals surface area contributed by atoms with Crippen LogP contribution in [0.3, 0.4) is 0 Å². The van der Waals surface area contributed by atoms with Crippen LogP contribution in [0.4, 0.5) is 0 Å². The number of benzene rings is 1. The molecule has 1 aromatic carbocycles. The highest BCUT2D eigenvalue weighted by atomic mass is 16.5. The molecular weight excluding hydrogens is 176 g/mol. The summed E-state index contributed by atoms with van der Waals surface area (Å²) in [5.41, 5.74) is 2.16. The molecule has 1 aliphatic carbocycles. The van der Waals surface area contributed by atoms with Crippen molar-refractivity contribution in [2.24, 2.45) is 5.92 Å². The van der Waals surface area contributed by atoms with E-state index in [2.05, 4.69) is 0 Å². The standard InChI is InChI=1S/C12H16O2/c1-8-7-10(14-2)5-6-11(8)12(13)9-3-4-9/h5-7,9,12-13H,3-4H2,1-2H3. The van der Waals surface area contributed by atoms with Gasteiger partial charge in [-0.15, -0.1) is 0 Å². The van der Waals surface area contributed by atoms with Crippen LogP contribution < -0.4 is 4.74 Å². The largest absolute Gasteiger partial charge is 0.497 e. The number of methoxy groups -OCH3 is 1. The monoisotopic (exact) mass is 192 g/mol. The Labute approximate surface area is 84.5 Å². The molecule has 76 valence electrons. The van der Waals surface area contributed by atoms with Crippen molar-refractivity contribution in [1.82, 2.24) is 0 Å². The highest BCUT2D eigenvalue weighted by Gasteiger charge is 2.31. The summed E-state index contributed by atoms with van der Waals surface area (Å²) in [7, 11) is 1.66. The van der Waals surface area contributed by atoms with Gasteiger partial charge in [-0.25, -0.2) is 0 Å². The van der Waals surface area contributed by atoms with Crippen molar-refractivity contribution >= 4 is 0 Å². The Morgan fingerprint density at radius 2 is 2.14 bits per heavy atom. The molecule has 1 aliphatic rings. The Kier molecular flexibility index (Phi) is 2.46. The van der Waals surface area contributed by atoms with Crippen LogP contribution >= 0.6 is 0 Å². The smallest absolute Gasteiger partial charge is 0.119 e. The lowest BCUT2D eigenvalue weighted by molar-refractivity contribution is 0.153. The van der Waals surface area contributed by atoms with E-state index in [0.29, 0.717) is 5.92 Å². The van der Waals surface area contributed by atoms with Gasteiger partial charge in [0.25, 0.3) is 0 Å². The van der Waals surface area contributed by atoms with Gasteiger partial charge in [0.1, 0.15) is 5.75 Å². The van der Waals surface area contributed by atoms with Crippen molar-refractivity contribution in [2.75, 3.05) is 7.11 Å². The minimum absolute atomic E-state index is 0.277. The Balaban J connectivity index is 2.24. The van der Waals surface area contributed by atoms with Crippen LogP contribution in [-0.4, -0.2) is 12.2 Å². The summed E-state index contributed by atoms with van der Waals surface area (Å²) in [6.07, 6.45) is 2.04. The first kappa shape index (κ1) is 9.53. The fourth-order valence-electron chi connectivity index (χ4n) is 1.77. The van der Waals surface area contributed by atoms with Crippen LogP contribution in [0.15, 0.2) is 18.2 Å². The lowest BCUT2D eigenvalue weighted by Crippen LogP contribution is -2.02. The maximum Gasteiger partial charge on any atom is 0.119 e. The fraction of sp³-hybridized carbons (Fsp3) is 0.500. The van der Waals surface area contributed by atoms with Gasteiger partial charge in [0.05, 0.1) is 13.2 Å². The molecule has 14 heavy (non-hydrogen) atoms. The molecule has 0 aliphatic heterocycles. The van der Waals surface area contributed by atoms with Gasteiger partial charge in [-0.1, -0.05) is 6.07 Å². The van der Waals surface area contributed by atoms with Crippen LogP contribution in [0.2, 0.25) is 0 Å². The highest BCUT2D eigenvalue weighted by Crippen LogP contribution is 2.42. The zero-order valence-corrected chi connectivity index (χ0v) is 8.66. The van der Waals surface area contributed by atoms with Crippen LogP contribution in [-0.2, 0) is 0 Å². The third kappa shape index (κ3) is 1.75. The molecular formula is C12H16O2. The van der Waals surface area contributed by atoms with Gasteiger partial charge in [-0.3, -0.25) is 0 Å². The highest BCUT2D eigenvalue weighted by molar-refractivity contribution is 5.36. The van der Waals surface area contributed by atoms with Crippen molar-refractivity contribution in [3.8, 4) is 5.75 Å². The summed E-state index contributed by atoms with van der Waals surface area (Å²) in [4.78, 5) is 0. The first-order valence-corrected chi connectivity index (χ1v) is 5.05. The van der Waals surface area contributed by atoms with E-state index < -0.39 is 0 Å². The number of hydrogen-bond acceptors (Lipinski definition) is 2. The number of hydrogen-bond donors (Lipinski definition) is 1. The maximum absolute atomic E-state index is 9.96. The zero-order valence-electron chi connectivity index (χ0n) is 8.66. The Morgan fingerprint density at radius 3 is 2.64 bits per heavy atom. The van der Waals surface area contributed by atoms with Gasteiger partial charge in [-0.05, 0) is 48.9 Å². The van der Waals surface area contributed by atoms with Crippen molar-refractivity contribution in [2.45, 2.75) is 25.9 Å². The first-order chi connectivity index (χ1) is 6.72. The molecule has 0 bridgehead atoms. The molecule has 2 nitrogen and oxygen atoms in total. The summed E-state index contributed by atoms with van der Waals surface area (Å²) in [6, 6.07) is 5.85. The fourth-order valence-corrected chi connectivity index (χ4v) is 1.77. The van der Waals surface area contributed by atoms with E-state index in [4.69, 9.17) is 4.74 Å². The molecule has 1 unspecified atom stereocenters. The van der Waals surface area contributed by atoms with Crippen LogP contribution in [0, 0.1) is 12.8 Å². The predicted molar refractivity (Wildman–Crippen MR) is 55.4 cm³/mol. The summed E-state index contributed by atoms with van der Waals surface area (Å²) in [5.74, 6) is 1.34. The van der Waals surface area contributed by atoms with Crippen molar-refractivity contribution in [3.63, 3.8) is 0 Å². The van der Waals surface area contributed by atoms with Crippen molar-refractivity contribution in [1.29, 1.82) is 0 Å². The quantitative estimate of drug-likeness (QED) is 0.797. The van der Waals surface area contributed by atoms with Crippen LogP contribution in [0.5, 0.6) is 5.75 Å². The summed E-state index contributed by atoms with van der Waals surface area (Å²) >= 11 is 0. The number of ether oxygens (including phenoxy) is 1. The molecule has 0 spiro atoms. The molecule has 0 saturated heterocycles. The summed E-state index contributed by atoms with van der Waals surface area (Å²) in [6.45, 7) is 2.02. The third-order valence-electron chi connectivity index (χ3n) is 2.86. The summed E-state index contributed by atoms with van der Waals surface area (Å²) < 4.78 is 5.12. The molecule has 1 atom stereocenters. The molecule has 0 radical (unpaired) electrons. The van der Waals surface area contributed by atoms with E-state index in [1.54, 1.807) is 7.11 Å². The second-order valence-electron chi connectivity index (χ2n) is 4.00. The van der Waals surface area contributed by atoms with Gasteiger partial charge in [0, 0.05) is 0 Å². The molecule has 1 saturated carbocycles. The van der Waals surface area contributed by atoms with E-state index in [1.807, 2.05) is 25.1 Å². The van der Waals surface area contributed by atoms with E-state index in [1.165, 1.54) is 0 Å². The van der Waals surface area contributed by atoms with Crippen molar-refractivity contribution < 1.29 is 9.84 Å². The molecule has 1 N–H and O–H groups in total. The van der Waals surface area contributed by atoms with Crippen LogP contribution in [0.25, 0.3) is 0 Å². The Morgan fingerprint density at radius 1 is 1.43 bits per heavy atom. The van der Waals surface area contributed by atoms with Gasteiger partial charge in [0.15, 0.2) is 0 Å². The lowest BCUT2D eigenvalue weighted by Gasteiger charge is -2.13. The average Bonchev–Trinajstić information content (AvgIpc) is 3.00. The molecule has 0 aromatic heterocycles. The van der Waals surface area contributed by atoms with Gasteiger partial charge in [-0.2, -0.15) is 0 Å². The number of aliphatic hydroxyl groups is 1. The zero-order chi connectivity index (χ0) is 10.1. The third-order valence-corrected chi connectivity index (χ3v) is 2.86. The Hall–Kier alpha value is -1.02. The Bertz CT molecular complexity index is 329. The second-order valence-corrected chi connectivity index (χ2v) is 4.00. The number of aryl methyl sites for hydroxylation is 1. The second kappa shape index (κ2) is 3.62. The van der Waals surface area contributed by atoms with E-state index in [0.717, 1.165) is 29.7 Å². The van der Waals surface area contributed by atoms with Crippen LogP contribution in [0.1, 0.15) is 30.1 Å². The van der Waals surface area contributed by atoms with Gasteiger partial charge in [0.2, 0.25) is 0 Å². The molecule has 1 fully saturated rings. The first-order valence-electron chi connectivity index (χ1n) is 5.05. The lowest BCUT2D eigenvalue weighted by atomic mass is 10.00. The normalized spacial score (nSPS) is 17.9. The van der Waals surface area contributed by atoms with E-state index in [9.17, 15) is 5.11 Å². The number of aliphatic hydroxyl groups excluding tert-OH is 1. The van der Waals surface area contributed by atoms with Gasteiger partial charge < -0.3 is 9.84 Å². The molecule has 2 heteroatoms. The van der Waals surface area contributed by atoms with Gasteiger partial charge >= 0.3 is 0 Å². The SMILES string of the molecule is COc1ccc(C(O)C2CC2)c(C)c1. The molecule has 0 heterocycles. The topological polar surface area (TPSA) is 29.5 Å². The van der Waals surface area contributed by atoms with E-state index in [-0.39, 0.29) is 6.10 Å². The van der Waals surface area contributed by atoms with E-state index >= 15 is 0 Å². The summed E-state index contributed by atoms with van der Waals surface area (Å²) in [5, 5.41) is 9.96. The number of rotatable bonds is 3. The average molecular weight is 192 g/mol. The molecule has 0 amide bonds. The predicted octanol–water partition coefficient (Wildman–Crippen LogP) is 2.45. The minimum atomic E-state index is -0.277. The molecule has 1 aromatic rings. The molecule has 2 rings (SSSR count). The van der Waals surface area contributed by atoms with Crippen molar-refractivity contribution in [3.05, 3.63) is 29.3 Å². The maximum atomic E-state index is 9.96.